The third-order valence-corrected chi connectivity index (χ3v) is 4.73. The lowest BCUT2D eigenvalue weighted by Gasteiger charge is -2.14. The fourth-order valence-electron chi connectivity index (χ4n) is 3.21. The van der Waals surface area contributed by atoms with Crippen LogP contribution in [-0.2, 0) is 9.53 Å². The molecular formula is C23H19NO4. The molecule has 4 rings (SSSR count). The van der Waals surface area contributed by atoms with Crippen LogP contribution in [0.5, 0.6) is 0 Å². The van der Waals surface area contributed by atoms with Crippen molar-refractivity contribution in [3.8, 4) is 0 Å². The molecule has 0 saturated carbocycles. The van der Waals surface area contributed by atoms with Gasteiger partial charge in [-0.05, 0) is 31.4 Å². The van der Waals surface area contributed by atoms with Gasteiger partial charge >= 0.3 is 5.97 Å². The molecule has 1 N–H and O–H groups in total. The molecule has 140 valence electrons. The van der Waals surface area contributed by atoms with Crippen LogP contribution in [0.15, 0.2) is 71.1 Å². The molecule has 0 aliphatic rings. The molecular weight excluding hydrogens is 354 g/mol. The van der Waals surface area contributed by atoms with Crippen molar-refractivity contribution in [3.63, 3.8) is 0 Å². The fraction of sp³-hybridized carbons (Fsp3) is 0.130. The highest BCUT2D eigenvalue weighted by Crippen LogP contribution is 2.26. The number of hydrogen-bond donors (Lipinski definition) is 1. The summed E-state index contributed by atoms with van der Waals surface area (Å²) in [4.78, 5) is 25.1. The van der Waals surface area contributed by atoms with Crippen molar-refractivity contribution < 1.29 is 18.7 Å². The molecule has 0 radical (unpaired) electrons. The first-order chi connectivity index (χ1) is 13.5. The maximum atomic E-state index is 12.6. The highest BCUT2D eigenvalue weighted by Gasteiger charge is 2.24. The van der Waals surface area contributed by atoms with E-state index >= 15 is 0 Å². The third-order valence-electron chi connectivity index (χ3n) is 4.73. The third kappa shape index (κ3) is 3.22. The second-order valence-electron chi connectivity index (χ2n) is 6.62. The second kappa shape index (κ2) is 7.19. The van der Waals surface area contributed by atoms with Crippen LogP contribution < -0.4 is 5.32 Å². The van der Waals surface area contributed by atoms with Gasteiger partial charge in [0.15, 0.2) is 6.10 Å². The molecule has 0 aliphatic heterocycles. The molecule has 4 aromatic rings. The summed E-state index contributed by atoms with van der Waals surface area (Å²) in [6.45, 7) is 3.33. The van der Waals surface area contributed by atoms with E-state index in [-0.39, 0.29) is 5.76 Å². The number of anilines is 1. The zero-order valence-corrected chi connectivity index (χ0v) is 15.6. The van der Waals surface area contributed by atoms with Gasteiger partial charge in [0, 0.05) is 22.0 Å². The number of nitrogens with one attached hydrogen (secondary N) is 1. The Bertz CT molecular complexity index is 1190. The number of hydrogen-bond acceptors (Lipinski definition) is 4. The first kappa shape index (κ1) is 17.8. The summed E-state index contributed by atoms with van der Waals surface area (Å²) in [5.41, 5.74) is 1.98. The van der Waals surface area contributed by atoms with Crippen LogP contribution in [0.4, 0.5) is 5.69 Å². The van der Waals surface area contributed by atoms with E-state index in [0.717, 1.165) is 16.2 Å². The van der Waals surface area contributed by atoms with Gasteiger partial charge in [0.1, 0.15) is 5.58 Å². The largest absolute Gasteiger partial charge is 0.449 e. The van der Waals surface area contributed by atoms with Crippen molar-refractivity contribution in [1.82, 2.24) is 0 Å². The van der Waals surface area contributed by atoms with Crippen LogP contribution in [0.1, 0.15) is 23.0 Å². The number of aryl methyl sites for hydroxylation is 1. The Labute approximate surface area is 161 Å². The average Bonchev–Trinajstić information content (AvgIpc) is 3.05. The number of amides is 1. The number of carbonyl (C=O) groups excluding carboxylic acids is 2. The lowest BCUT2D eigenvalue weighted by Crippen LogP contribution is -2.30. The molecule has 1 heterocycles. The van der Waals surface area contributed by atoms with Crippen molar-refractivity contribution >= 4 is 39.3 Å². The van der Waals surface area contributed by atoms with Gasteiger partial charge in [0.2, 0.25) is 5.76 Å². The van der Waals surface area contributed by atoms with Crippen LogP contribution in [-0.4, -0.2) is 18.0 Å². The number of carbonyl (C=O) groups is 2. The van der Waals surface area contributed by atoms with Crippen molar-refractivity contribution in [3.05, 3.63) is 78.1 Å². The van der Waals surface area contributed by atoms with Crippen molar-refractivity contribution in [1.29, 1.82) is 0 Å². The van der Waals surface area contributed by atoms with E-state index in [2.05, 4.69) is 5.32 Å². The molecule has 0 spiro atoms. The van der Waals surface area contributed by atoms with Crippen molar-refractivity contribution in [2.75, 3.05) is 5.32 Å². The van der Waals surface area contributed by atoms with Crippen LogP contribution in [0.25, 0.3) is 21.7 Å². The molecule has 0 bridgehead atoms. The summed E-state index contributed by atoms with van der Waals surface area (Å²) >= 11 is 0. The SMILES string of the molecule is Cc1c(C(=O)O[C@@H](C)C(=O)Nc2cccc3ccccc23)oc2ccccc12. The lowest BCUT2D eigenvalue weighted by atomic mass is 10.1. The standard InChI is InChI=1S/C23H19NO4/c1-14-17-10-5-6-13-20(17)28-21(14)23(26)27-15(2)22(25)24-19-12-7-9-16-8-3-4-11-18(16)19/h3-13,15H,1-2H3,(H,24,25)/t15-/m0/s1. The van der Waals surface area contributed by atoms with Crippen LogP contribution in [0.2, 0.25) is 0 Å². The van der Waals surface area contributed by atoms with Gasteiger partial charge in [0.25, 0.3) is 5.91 Å². The number of fused-ring (bicyclic) bond motifs is 2. The molecule has 1 aromatic heterocycles. The van der Waals surface area contributed by atoms with Crippen LogP contribution in [0, 0.1) is 6.92 Å². The molecule has 5 heteroatoms. The lowest BCUT2D eigenvalue weighted by molar-refractivity contribution is -0.123. The number of esters is 1. The van der Waals surface area contributed by atoms with E-state index in [1.54, 1.807) is 13.0 Å². The van der Waals surface area contributed by atoms with Gasteiger partial charge in [-0.1, -0.05) is 54.6 Å². The van der Waals surface area contributed by atoms with Crippen LogP contribution >= 0.6 is 0 Å². The molecule has 28 heavy (non-hydrogen) atoms. The van der Waals surface area contributed by atoms with E-state index in [1.165, 1.54) is 6.92 Å². The second-order valence-corrected chi connectivity index (χ2v) is 6.62. The summed E-state index contributed by atoms with van der Waals surface area (Å²) in [6, 6.07) is 20.8. The molecule has 0 aliphatic carbocycles. The monoisotopic (exact) mass is 373 g/mol. The minimum absolute atomic E-state index is 0.117. The predicted octanol–water partition coefficient (Wildman–Crippen LogP) is 5.08. The highest BCUT2D eigenvalue weighted by molar-refractivity contribution is 6.04. The number of rotatable bonds is 4. The Morgan fingerprint density at radius 3 is 2.39 bits per heavy atom. The average molecular weight is 373 g/mol. The molecule has 1 amide bonds. The number of benzene rings is 3. The Morgan fingerprint density at radius 2 is 1.61 bits per heavy atom. The predicted molar refractivity (Wildman–Crippen MR) is 108 cm³/mol. The Kier molecular flexibility index (Phi) is 4.57. The molecule has 1 atom stereocenters. The maximum Gasteiger partial charge on any atom is 0.375 e. The molecule has 0 fully saturated rings. The maximum absolute atomic E-state index is 12.6. The molecule has 0 unspecified atom stereocenters. The van der Waals surface area contributed by atoms with Gasteiger partial charge in [-0.15, -0.1) is 0 Å². The molecule has 3 aromatic carbocycles. The fourth-order valence-corrected chi connectivity index (χ4v) is 3.21. The van der Waals surface area contributed by atoms with E-state index in [4.69, 9.17) is 9.15 Å². The first-order valence-corrected chi connectivity index (χ1v) is 9.02. The topological polar surface area (TPSA) is 68.5 Å². The molecule has 5 nitrogen and oxygen atoms in total. The number of furan rings is 1. The quantitative estimate of drug-likeness (QED) is 0.507. The summed E-state index contributed by atoms with van der Waals surface area (Å²) in [5, 5.41) is 5.62. The van der Waals surface area contributed by atoms with Gasteiger partial charge in [-0.3, -0.25) is 4.79 Å². The Hall–Kier alpha value is -3.60. The summed E-state index contributed by atoms with van der Waals surface area (Å²) < 4.78 is 11.0. The minimum Gasteiger partial charge on any atom is -0.449 e. The zero-order valence-electron chi connectivity index (χ0n) is 15.6. The van der Waals surface area contributed by atoms with Crippen molar-refractivity contribution in [2.45, 2.75) is 20.0 Å². The molecule has 0 saturated heterocycles. The van der Waals surface area contributed by atoms with Gasteiger partial charge < -0.3 is 14.5 Å². The van der Waals surface area contributed by atoms with E-state index in [0.29, 0.717) is 16.8 Å². The van der Waals surface area contributed by atoms with E-state index in [1.807, 2.05) is 60.7 Å². The van der Waals surface area contributed by atoms with E-state index < -0.39 is 18.0 Å². The van der Waals surface area contributed by atoms with Gasteiger partial charge in [0.05, 0.1) is 0 Å². The summed E-state index contributed by atoms with van der Waals surface area (Å²) in [6.07, 6.45) is -0.973. The van der Waals surface area contributed by atoms with E-state index in [9.17, 15) is 9.59 Å². The van der Waals surface area contributed by atoms with Crippen molar-refractivity contribution in [2.24, 2.45) is 0 Å². The zero-order chi connectivity index (χ0) is 19.7. The normalized spacial score (nSPS) is 12.1. The Morgan fingerprint density at radius 1 is 0.929 bits per heavy atom. The highest BCUT2D eigenvalue weighted by atomic mass is 16.6. The first-order valence-electron chi connectivity index (χ1n) is 9.02. The number of ether oxygens (including phenoxy) is 1. The van der Waals surface area contributed by atoms with Gasteiger partial charge in [-0.25, -0.2) is 4.79 Å². The summed E-state index contributed by atoms with van der Waals surface area (Å²) in [5.74, 6) is -0.946. The summed E-state index contributed by atoms with van der Waals surface area (Å²) in [7, 11) is 0. The smallest absolute Gasteiger partial charge is 0.375 e. The Balaban J connectivity index is 1.51. The van der Waals surface area contributed by atoms with Crippen LogP contribution in [0.3, 0.4) is 0 Å². The minimum atomic E-state index is -0.973. The van der Waals surface area contributed by atoms with Gasteiger partial charge in [-0.2, -0.15) is 0 Å². The number of para-hydroxylation sites is 1.